The molecule has 2 rings (SSSR count). The number of nitrogens with one attached hydrogen (secondary N) is 1. The van der Waals surface area contributed by atoms with Crippen LogP contribution in [0.15, 0.2) is 53.4 Å². The van der Waals surface area contributed by atoms with E-state index in [4.69, 9.17) is 0 Å². The number of carbonyl (C=O) groups is 2. The van der Waals surface area contributed by atoms with E-state index in [1.165, 1.54) is 22.9 Å². The van der Waals surface area contributed by atoms with E-state index in [9.17, 15) is 9.59 Å². The minimum Gasteiger partial charge on any atom is -0.354 e. The number of benzene rings is 2. The predicted molar refractivity (Wildman–Crippen MR) is 121 cm³/mol. The SMILES string of the molecule is Cc1ccc(CN(C(=O)CSc2ccc(C)cc2)C(C)C(=O)NCC(C)C)cc1. The molecule has 2 aromatic rings. The predicted octanol–water partition coefficient (Wildman–Crippen LogP) is 4.59. The summed E-state index contributed by atoms with van der Waals surface area (Å²) < 4.78 is 0. The molecule has 0 aliphatic heterocycles. The van der Waals surface area contributed by atoms with Gasteiger partial charge in [0.2, 0.25) is 11.8 Å². The van der Waals surface area contributed by atoms with Crippen LogP contribution in [0.25, 0.3) is 0 Å². The molecule has 0 aliphatic rings. The summed E-state index contributed by atoms with van der Waals surface area (Å²) >= 11 is 1.50. The summed E-state index contributed by atoms with van der Waals surface area (Å²) in [7, 11) is 0. The fourth-order valence-electron chi connectivity index (χ4n) is 2.79. The number of hydrogen-bond acceptors (Lipinski definition) is 3. The highest BCUT2D eigenvalue weighted by Gasteiger charge is 2.26. The molecule has 0 radical (unpaired) electrons. The van der Waals surface area contributed by atoms with Crippen molar-refractivity contribution in [2.45, 2.75) is 52.1 Å². The molecule has 0 aliphatic carbocycles. The first-order chi connectivity index (χ1) is 13.8. The molecule has 0 bridgehead atoms. The maximum Gasteiger partial charge on any atom is 0.242 e. The number of rotatable bonds is 9. The molecule has 0 heterocycles. The van der Waals surface area contributed by atoms with Crippen LogP contribution in [0.4, 0.5) is 0 Å². The molecular weight excluding hydrogens is 380 g/mol. The second-order valence-electron chi connectivity index (χ2n) is 7.92. The maximum absolute atomic E-state index is 13.1. The van der Waals surface area contributed by atoms with Gasteiger partial charge in [-0.25, -0.2) is 0 Å². The van der Waals surface area contributed by atoms with Crippen molar-refractivity contribution in [3.05, 3.63) is 65.2 Å². The lowest BCUT2D eigenvalue weighted by Gasteiger charge is -2.29. The Morgan fingerprint density at radius 1 is 0.931 bits per heavy atom. The van der Waals surface area contributed by atoms with E-state index in [1.54, 1.807) is 11.8 Å². The fraction of sp³-hybridized carbons (Fsp3) is 0.417. The first-order valence-electron chi connectivity index (χ1n) is 10.1. The molecular formula is C24H32N2O2S. The van der Waals surface area contributed by atoms with Gasteiger partial charge in [0.05, 0.1) is 5.75 Å². The Morgan fingerprint density at radius 2 is 1.48 bits per heavy atom. The first-order valence-corrected chi connectivity index (χ1v) is 11.1. The molecule has 0 aromatic heterocycles. The highest BCUT2D eigenvalue weighted by molar-refractivity contribution is 8.00. The Morgan fingerprint density at radius 3 is 2.03 bits per heavy atom. The number of nitrogens with zero attached hydrogens (tertiary/aromatic N) is 1. The van der Waals surface area contributed by atoms with Gasteiger partial charge >= 0.3 is 0 Å². The van der Waals surface area contributed by atoms with Crippen LogP contribution in [-0.4, -0.2) is 35.1 Å². The van der Waals surface area contributed by atoms with Crippen molar-refractivity contribution in [3.63, 3.8) is 0 Å². The number of hydrogen-bond donors (Lipinski definition) is 1. The Bertz CT molecular complexity index is 801. The van der Waals surface area contributed by atoms with E-state index in [2.05, 4.69) is 19.2 Å². The van der Waals surface area contributed by atoms with E-state index in [0.717, 1.165) is 10.5 Å². The van der Waals surface area contributed by atoms with Crippen LogP contribution in [0.5, 0.6) is 0 Å². The number of aryl methyl sites for hydroxylation is 2. The lowest BCUT2D eigenvalue weighted by Crippen LogP contribution is -2.48. The van der Waals surface area contributed by atoms with Crippen LogP contribution in [0, 0.1) is 19.8 Å². The van der Waals surface area contributed by atoms with Crippen LogP contribution in [0.2, 0.25) is 0 Å². The van der Waals surface area contributed by atoms with Gasteiger partial charge < -0.3 is 10.2 Å². The van der Waals surface area contributed by atoms with Crippen molar-refractivity contribution >= 4 is 23.6 Å². The summed E-state index contributed by atoms with van der Waals surface area (Å²) in [6.45, 7) is 11.0. The fourth-order valence-corrected chi connectivity index (χ4v) is 3.57. The van der Waals surface area contributed by atoms with Gasteiger partial charge in [0, 0.05) is 18.0 Å². The van der Waals surface area contributed by atoms with E-state index < -0.39 is 6.04 Å². The maximum atomic E-state index is 13.1. The van der Waals surface area contributed by atoms with Crippen molar-refractivity contribution in [2.24, 2.45) is 5.92 Å². The van der Waals surface area contributed by atoms with E-state index in [-0.39, 0.29) is 11.8 Å². The minimum absolute atomic E-state index is 0.0386. The topological polar surface area (TPSA) is 49.4 Å². The molecule has 0 saturated heterocycles. The molecule has 1 unspecified atom stereocenters. The average Bonchev–Trinajstić information content (AvgIpc) is 2.70. The standard InChI is InChI=1S/C24H32N2O2S/c1-17(2)14-25-24(28)20(5)26(15-21-10-6-18(3)7-11-21)23(27)16-29-22-12-8-19(4)9-13-22/h6-13,17,20H,14-16H2,1-5H3,(H,25,28). The zero-order valence-corrected chi connectivity index (χ0v) is 18.9. The highest BCUT2D eigenvalue weighted by Crippen LogP contribution is 2.20. The van der Waals surface area contributed by atoms with Gasteiger partial charge in [-0.15, -0.1) is 11.8 Å². The monoisotopic (exact) mass is 412 g/mol. The molecule has 5 heteroatoms. The molecule has 156 valence electrons. The largest absolute Gasteiger partial charge is 0.354 e. The smallest absolute Gasteiger partial charge is 0.242 e. The summed E-state index contributed by atoms with van der Waals surface area (Å²) in [6.07, 6.45) is 0. The van der Waals surface area contributed by atoms with Crippen molar-refractivity contribution in [2.75, 3.05) is 12.3 Å². The number of thioether (sulfide) groups is 1. The van der Waals surface area contributed by atoms with Crippen molar-refractivity contribution < 1.29 is 9.59 Å². The van der Waals surface area contributed by atoms with Gasteiger partial charge in [0.15, 0.2) is 0 Å². The van der Waals surface area contributed by atoms with Crippen LogP contribution < -0.4 is 5.32 Å². The molecule has 1 N–H and O–H groups in total. The third kappa shape index (κ3) is 7.58. The van der Waals surface area contributed by atoms with Crippen LogP contribution in [-0.2, 0) is 16.1 Å². The van der Waals surface area contributed by atoms with Crippen molar-refractivity contribution in [3.8, 4) is 0 Å². The minimum atomic E-state index is -0.527. The molecule has 4 nitrogen and oxygen atoms in total. The summed E-state index contributed by atoms with van der Waals surface area (Å²) in [5.41, 5.74) is 3.38. The zero-order valence-electron chi connectivity index (χ0n) is 18.1. The van der Waals surface area contributed by atoms with Gasteiger partial charge in [0.25, 0.3) is 0 Å². The second-order valence-corrected chi connectivity index (χ2v) is 8.97. The molecule has 0 fully saturated rings. The number of amides is 2. The zero-order chi connectivity index (χ0) is 21.4. The Balaban J connectivity index is 2.10. The van der Waals surface area contributed by atoms with Crippen LogP contribution in [0.3, 0.4) is 0 Å². The lowest BCUT2D eigenvalue weighted by atomic mass is 10.1. The Labute approximate surface area is 179 Å². The quantitative estimate of drug-likeness (QED) is 0.613. The third-order valence-electron chi connectivity index (χ3n) is 4.71. The van der Waals surface area contributed by atoms with Gasteiger partial charge in [-0.05, 0) is 44.4 Å². The van der Waals surface area contributed by atoms with E-state index in [1.807, 2.05) is 62.4 Å². The second kappa shape index (κ2) is 11.1. The molecule has 0 saturated carbocycles. The Hall–Kier alpha value is -2.27. The van der Waals surface area contributed by atoms with Crippen molar-refractivity contribution in [1.82, 2.24) is 10.2 Å². The molecule has 2 amide bonds. The molecule has 1 atom stereocenters. The molecule has 29 heavy (non-hydrogen) atoms. The summed E-state index contributed by atoms with van der Waals surface area (Å²) in [4.78, 5) is 28.4. The van der Waals surface area contributed by atoms with Crippen LogP contribution in [0.1, 0.15) is 37.5 Å². The number of carbonyl (C=O) groups excluding carboxylic acids is 2. The highest BCUT2D eigenvalue weighted by atomic mass is 32.2. The van der Waals surface area contributed by atoms with Gasteiger partial charge in [-0.3, -0.25) is 9.59 Å². The van der Waals surface area contributed by atoms with E-state index in [0.29, 0.717) is 24.8 Å². The normalized spacial score (nSPS) is 11.9. The van der Waals surface area contributed by atoms with Gasteiger partial charge in [-0.2, -0.15) is 0 Å². The summed E-state index contributed by atoms with van der Waals surface area (Å²) in [6, 6.07) is 15.7. The van der Waals surface area contributed by atoms with Gasteiger partial charge in [-0.1, -0.05) is 61.4 Å². The molecule has 0 spiro atoms. The average molecular weight is 413 g/mol. The van der Waals surface area contributed by atoms with E-state index >= 15 is 0 Å². The summed E-state index contributed by atoms with van der Waals surface area (Å²) in [5, 5.41) is 2.95. The molecule has 2 aromatic carbocycles. The Kier molecular flexibility index (Phi) is 8.77. The van der Waals surface area contributed by atoms with Crippen molar-refractivity contribution in [1.29, 1.82) is 0 Å². The lowest BCUT2D eigenvalue weighted by molar-refractivity contribution is -0.138. The van der Waals surface area contributed by atoms with Crippen LogP contribution >= 0.6 is 11.8 Å². The first kappa shape index (κ1) is 23.0. The van der Waals surface area contributed by atoms with Gasteiger partial charge in [0.1, 0.15) is 6.04 Å². The summed E-state index contributed by atoms with van der Waals surface area (Å²) in [5.74, 6) is 0.517. The third-order valence-corrected chi connectivity index (χ3v) is 5.71.